The monoisotopic (exact) mass is 384 g/mol. The average Bonchev–Trinajstić information content (AvgIpc) is 2.45. The van der Waals surface area contributed by atoms with E-state index < -0.39 is 6.10 Å². The summed E-state index contributed by atoms with van der Waals surface area (Å²) in [5.41, 5.74) is 0. The molecule has 1 atom stereocenters. The van der Waals surface area contributed by atoms with E-state index >= 15 is 0 Å². The summed E-state index contributed by atoms with van der Waals surface area (Å²) in [6, 6.07) is 0. The van der Waals surface area contributed by atoms with Gasteiger partial charge in [-0.2, -0.15) is 0 Å². The van der Waals surface area contributed by atoms with Gasteiger partial charge in [0.25, 0.3) is 0 Å². The predicted molar refractivity (Wildman–Crippen MR) is 121 cm³/mol. The van der Waals surface area contributed by atoms with E-state index in [9.17, 15) is 4.79 Å². The molecule has 0 fully saturated rings. The van der Waals surface area contributed by atoms with Crippen molar-refractivity contribution in [2.24, 2.45) is 0 Å². The summed E-state index contributed by atoms with van der Waals surface area (Å²) in [4.78, 5) is 11.5. The molecule has 0 aromatic carbocycles. The SMILES string of the molecule is C.C.C.C.C.C.CCCCCCCCCCOC(C)C(=O)OCCCO. The van der Waals surface area contributed by atoms with Crippen molar-refractivity contribution in [2.45, 2.75) is 122 Å². The largest absolute Gasteiger partial charge is 0.464 e. The molecule has 0 saturated carbocycles. The molecule has 1 unspecified atom stereocenters. The van der Waals surface area contributed by atoms with Crippen LogP contribution in [0.1, 0.15) is 116 Å². The summed E-state index contributed by atoms with van der Waals surface area (Å²) in [5.74, 6) is -0.335. The summed E-state index contributed by atoms with van der Waals surface area (Å²) in [6.07, 6.45) is 10.0. The molecule has 0 heterocycles. The number of carbonyl (C=O) groups excluding carboxylic acids is 1. The van der Waals surface area contributed by atoms with E-state index in [1.54, 1.807) is 6.92 Å². The zero-order chi connectivity index (χ0) is 15.1. The molecule has 0 aliphatic heterocycles. The highest BCUT2D eigenvalue weighted by Gasteiger charge is 2.14. The van der Waals surface area contributed by atoms with Crippen molar-refractivity contribution in [3.05, 3.63) is 0 Å². The summed E-state index contributed by atoms with van der Waals surface area (Å²) < 4.78 is 10.4. The number of aliphatic hydroxyl groups is 1. The number of hydrogen-bond acceptors (Lipinski definition) is 4. The zero-order valence-electron chi connectivity index (χ0n) is 13.2. The third kappa shape index (κ3) is 31.2. The van der Waals surface area contributed by atoms with E-state index in [-0.39, 0.29) is 63.7 Å². The third-order valence-corrected chi connectivity index (χ3v) is 3.24. The number of esters is 1. The number of ether oxygens (including phenoxy) is 2. The zero-order valence-corrected chi connectivity index (χ0v) is 13.2. The van der Waals surface area contributed by atoms with Gasteiger partial charge >= 0.3 is 5.97 Å². The Hall–Kier alpha value is -0.610. The number of hydrogen-bond donors (Lipinski definition) is 1. The van der Waals surface area contributed by atoms with Gasteiger partial charge in [-0.25, -0.2) is 4.79 Å². The van der Waals surface area contributed by atoms with Crippen molar-refractivity contribution in [1.82, 2.24) is 0 Å². The molecule has 0 saturated heterocycles. The minimum Gasteiger partial charge on any atom is -0.464 e. The van der Waals surface area contributed by atoms with Crippen molar-refractivity contribution in [2.75, 3.05) is 19.8 Å². The van der Waals surface area contributed by atoms with E-state index in [2.05, 4.69) is 6.92 Å². The van der Waals surface area contributed by atoms with Gasteiger partial charge in [0.15, 0.2) is 6.10 Å². The molecule has 26 heavy (non-hydrogen) atoms. The van der Waals surface area contributed by atoms with Gasteiger partial charge in [0.05, 0.1) is 6.61 Å². The van der Waals surface area contributed by atoms with E-state index in [1.807, 2.05) is 0 Å². The van der Waals surface area contributed by atoms with Gasteiger partial charge in [-0.05, 0) is 13.3 Å². The molecule has 0 aromatic heterocycles. The van der Waals surface area contributed by atoms with E-state index in [0.29, 0.717) is 13.0 Å². The molecule has 168 valence electrons. The van der Waals surface area contributed by atoms with Crippen LogP contribution in [0, 0.1) is 0 Å². The van der Waals surface area contributed by atoms with Crippen LogP contribution in [0.25, 0.3) is 0 Å². The Morgan fingerprint density at radius 3 is 1.69 bits per heavy atom. The van der Waals surface area contributed by atoms with Crippen LogP contribution < -0.4 is 0 Å². The van der Waals surface area contributed by atoms with E-state index in [1.165, 1.54) is 44.9 Å². The highest BCUT2D eigenvalue weighted by molar-refractivity contribution is 5.74. The molecule has 0 aromatic rings. The Balaban J connectivity index is -0.000000120. The highest BCUT2D eigenvalue weighted by Crippen LogP contribution is 2.08. The maximum Gasteiger partial charge on any atom is 0.334 e. The van der Waals surface area contributed by atoms with Crippen molar-refractivity contribution in [3.63, 3.8) is 0 Å². The molecule has 0 rings (SSSR count). The lowest BCUT2D eigenvalue weighted by atomic mass is 10.1. The lowest BCUT2D eigenvalue weighted by Gasteiger charge is -2.12. The van der Waals surface area contributed by atoms with Crippen LogP contribution in [0.3, 0.4) is 0 Å². The normalized spacial score (nSPS) is 9.50. The van der Waals surface area contributed by atoms with Crippen LogP contribution in [0.2, 0.25) is 0 Å². The first-order chi connectivity index (χ1) is 9.72. The molecular formula is C22H56O4. The Bertz CT molecular complexity index is 220. The first-order valence-electron chi connectivity index (χ1n) is 8.11. The Morgan fingerprint density at radius 2 is 1.23 bits per heavy atom. The van der Waals surface area contributed by atoms with Crippen LogP contribution in [-0.2, 0) is 14.3 Å². The molecular weight excluding hydrogens is 328 g/mol. The molecule has 0 aliphatic rings. The molecule has 0 aliphatic carbocycles. The Kier molecular flexibility index (Phi) is 61.0. The fourth-order valence-corrected chi connectivity index (χ4v) is 1.92. The van der Waals surface area contributed by atoms with E-state index in [4.69, 9.17) is 14.6 Å². The molecule has 0 amide bonds. The smallest absolute Gasteiger partial charge is 0.334 e. The quantitative estimate of drug-likeness (QED) is 0.252. The van der Waals surface area contributed by atoms with Crippen LogP contribution in [0.5, 0.6) is 0 Å². The Labute approximate surface area is 168 Å². The average molecular weight is 385 g/mol. The summed E-state index contributed by atoms with van der Waals surface area (Å²) in [6.45, 7) is 4.87. The minimum atomic E-state index is -0.502. The first-order valence-corrected chi connectivity index (χ1v) is 8.11. The fraction of sp³-hybridized carbons (Fsp3) is 0.955. The van der Waals surface area contributed by atoms with Gasteiger partial charge in [0, 0.05) is 19.6 Å². The summed E-state index contributed by atoms with van der Waals surface area (Å²) in [5, 5.41) is 8.59. The van der Waals surface area contributed by atoms with Gasteiger partial charge in [-0.3, -0.25) is 0 Å². The van der Waals surface area contributed by atoms with Gasteiger partial charge in [0.2, 0.25) is 0 Å². The van der Waals surface area contributed by atoms with Crippen LogP contribution in [0.4, 0.5) is 0 Å². The number of rotatable bonds is 14. The van der Waals surface area contributed by atoms with Crippen molar-refractivity contribution in [1.29, 1.82) is 0 Å². The molecule has 0 spiro atoms. The minimum absolute atomic E-state index is 0. The number of aliphatic hydroxyl groups excluding tert-OH is 1. The second-order valence-corrected chi connectivity index (χ2v) is 5.23. The first kappa shape index (κ1) is 44.7. The second kappa shape index (κ2) is 35.5. The predicted octanol–water partition coefficient (Wildman–Crippen LogP) is 7.27. The number of unbranched alkanes of at least 4 members (excludes halogenated alkanes) is 7. The van der Waals surface area contributed by atoms with Crippen LogP contribution >= 0.6 is 0 Å². The van der Waals surface area contributed by atoms with Crippen LogP contribution in [0.15, 0.2) is 0 Å². The van der Waals surface area contributed by atoms with Crippen molar-refractivity contribution < 1.29 is 19.4 Å². The summed E-state index contributed by atoms with van der Waals surface area (Å²) in [7, 11) is 0. The van der Waals surface area contributed by atoms with Gasteiger partial charge < -0.3 is 14.6 Å². The lowest BCUT2D eigenvalue weighted by molar-refractivity contribution is -0.156. The second-order valence-electron chi connectivity index (χ2n) is 5.23. The van der Waals surface area contributed by atoms with Crippen molar-refractivity contribution >= 4 is 5.97 Å². The standard InChI is InChI=1S/C16H32O4.6CH4/c1-3-4-5-6-7-8-9-10-13-19-15(2)16(18)20-14-11-12-17;;;;;;/h15,17H,3-14H2,1-2H3;6*1H4. The lowest BCUT2D eigenvalue weighted by Crippen LogP contribution is -2.24. The molecule has 4 nitrogen and oxygen atoms in total. The maximum atomic E-state index is 11.5. The van der Waals surface area contributed by atoms with Gasteiger partial charge in [-0.15, -0.1) is 0 Å². The molecule has 0 radical (unpaired) electrons. The summed E-state index contributed by atoms with van der Waals surface area (Å²) >= 11 is 0. The van der Waals surface area contributed by atoms with Gasteiger partial charge in [0.1, 0.15) is 0 Å². The molecule has 4 heteroatoms. The Morgan fingerprint density at radius 1 is 0.769 bits per heavy atom. The van der Waals surface area contributed by atoms with Crippen LogP contribution in [-0.4, -0.2) is 37.0 Å². The topological polar surface area (TPSA) is 55.8 Å². The highest BCUT2D eigenvalue weighted by atomic mass is 16.6. The van der Waals surface area contributed by atoms with Gasteiger partial charge in [-0.1, -0.05) is 96.4 Å². The van der Waals surface area contributed by atoms with Crippen molar-refractivity contribution in [3.8, 4) is 0 Å². The fourth-order valence-electron chi connectivity index (χ4n) is 1.92. The van der Waals surface area contributed by atoms with E-state index in [0.717, 1.165) is 6.42 Å². The molecule has 1 N–H and O–H groups in total. The maximum absolute atomic E-state index is 11.5. The third-order valence-electron chi connectivity index (χ3n) is 3.24. The molecule has 0 bridgehead atoms. The number of carbonyl (C=O) groups is 1.